The largest absolute Gasteiger partial charge is 0.353 e. The highest BCUT2D eigenvalue weighted by molar-refractivity contribution is 5.94. The standard InChI is InChI=1S/C26H23FN4O/c27-21-12-5-4-11-20(21)26(32)31-16-8-15-30(17-18-31)25-24(19-9-2-1-3-10-19)28-22-13-6-7-14-23(22)29-25/h1-7,9-14H,8,15-18H2. The first-order valence-electron chi connectivity index (χ1n) is 10.8. The molecule has 1 aliphatic rings. The molecule has 1 fully saturated rings. The number of amides is 1. The number of carbonyl (C=O) groups excluding carboxylic acids is 1. The van der Waals surface area contributed by atoms with Crippen molar-refractivity contribution in [3.63, 3.8) is 0 Å². The smallest absolute Gasteiger partial charge is 0.256 e. The van der Waals surface area contributed by atoms with E-state index in [-0.39, 0.29) is 11.5 Å². The Morgan fingerprint density at radius 3 is 2.22 bits per heavy atom. The predicted molar refractivity (Wildman–Crippen MR) is 124 cm³/mol. The molecule has 6 heteroatoms. The Morgan fingerprint density at radius 1 is 0.750 bits per heavy atom. The Hall–Kier alpha value is -3.80. The highest BCUT2D eigenvalue weighted by atomic mass is 19.1. The fourth-order valence-electron chi connectivity index (χ4n) is 4.14. The van der Waals surface area contributed by atoms with E-state index >= 15 is 0 Å². The molecule has 2 heterocycles. The van der Waals surface area contributed by atoms with Gasteiger partial charge in [0.1, 0.15) is 11.5 Å². The van der Waals surface area contributed by atoms with E-state index in [4.69, 9.17) is 9.97 Å². The zero-order valence-corrected chi connectivity index (χ0v) is 17.6. The monoisotopic (exact) mass is 426 g/mol. The van der Waals surface area contributed by atoms with Crippen LogP contribution in [0.5, 0.6) is 0 Å². The van der Waals surface area contributed by atoms with Gasteiger partial charge in [0.25, 0.3) is 5.91 Å². The van der Waals surface area contributed by atoms with E-state index in [2.05, 4.69) is 4.90 Å². The number of para-hydroxylation sites is 2. The van der Waals surface area contributed by atoms with Gasteiger partial charge in [0.05, 0.1) is 16.6 Å². The van der Waals surface area contributed by atoms with Crippen LogP contribution in [0, 0.1) is 5.82 Å². The summed E-state index contributed by atoms with van der Waals surface area (Å²) in [5, 5.41) is 0. The van der Waals surface area contributed by atoms with Crippen molar-refractivity contribution >= 4 is 22.8 Å². The van der Waals surface area contributed by atoms with E-state index in [9.17, 15) is 9.18 Å². The van der Waals surface area contributed by atoms with Crippen LogP contribution in [0.2, 0.25) is 0 Å². The summed E-state index contributed by atoms with van der Waals surface area (Å²) < 4.78 is 14.2. The second-order valence-corrected chi connectivity index (χ2v) is 7.86. The predicted octanol–water partition coefficient (Wildman–Crippen LogP) is 4.79. The summed E-state index contributed by atoms with van der Waals surface area (Å²) in [6, 6.07) is 24.1. The van der Waals surface area contributed by atoms with E-state index in [1.54, 1.807) is 23.1 Å². The molecule has 0 saturated carbocycles. The molecule has 160 valence electrons. The minimum absolute atomic E-state index is 0.122. The molecular weight excluding hydrogens is 403 g/mol. The number of carbonyl (C=O) groups is 1. The highest BCUT2D eigenvalue weighted by Crippen LogP contribution is 2.30. The van der Waals surface area contributed by atoms with Crippen LogP contribution in [0.1, 0.15) is 16.8 Å². The average Bonchev–Trinajstić information content (AvgIpc) is 3.10. The maximum atomic E-state index is 14.2. The summed E-state index contributed by atoms with van der Waals surface area (Å²) in [7, 11) is 0. The third-order valence-electron chi connectivity index (χ3n) is 5.79. The third kappa shape index (κ3) is 3.91. The first kappa shape index (κ1) is 20.1. The first-order chi connectivity index (χ1) is 15.7. The van der Waals surface area contributed by atoms with Crippen LogP contribution in [0.3, 0.4) is 0 Å². The molecule has 0 N–H and O–H groups in total. The van der Waals surface area contributed by atoms with E-state index < -0.39 is 5.82 Å². The van der Waals surface area contributed by atoms with Gasteiger partial charge < -0.3 is 9.80 Å². The second kappa shape index (κ2) is 8.75. The Kier molecular flexibility index (Phi) is 5.50. The lowest BCUT2D eigenvalue weighted by atomic mass is 10.1. The van der Waals surface area contributed by atoms with Gasteiger partial charge in [0.15, 0.2) is 5.82 Å². The Bertz CT molecular complexity index is 1260. The van der Waals surface area contributed by atoms with Crippen molar-refractivity contribution in [2.24, 2.45) is 0 Å². The fourth-order valence-corrected chi connectivity index (χ4v) is 4.14. The van der Waals surface area contributed by atoms with Gasteiger partial charge in [-0.15, -0.1) is 0 Å². The lowest BCUT2D eigenvalue weighted by Gasteiger charge is -2.25. The van der Waals surface area contributed by atoms with Crippen LogP contribution >= 0.6 is 0 Å². The van der Waals surface area contributed by atoms with Gasteiger partial charge in [-0.25, -0.2) is 14.4 Å². The first-order valence-corrected chi connectivity index (χ1v) is 10.8. The van der Waals surface area contributed by atoms with Gasteiger partial charge in [0.2, 0.25) is 0 Å². The van der Waals surface area contributed by atoms with Crippen molar-refractivity contribution in [1.82, 2.24) is 14.9 Å². The zero-order chi connectivity index (χ0) is 21.9. The van der Waals surface area contributed by atoms with Crippen LogP contribution < -0.4 is 4.90 Å². The van der Waals surface area contributed by atoms with Crippen LogP contribution in [0.25, 0.3) is 22.3 Å². The SMILES string of the molecule is O=C(c1ccccc1F)N1CCCN(c2nc3ccccc3nc2-c2ccccc2)CC1. The van der Waals surface area contributed by atoms with E-state index in [1.165, 1.54) is 6.07 Å². The molecular formula is C26H23FN4O. The molecule has 0 bridgehead atoms. The summed E-state index contributed by atoms with van der Waals surface area (Å²) in [6.07, 6.45) is 0.767. The summed E-state index contributed by atoms with van der Waals surface area (Å²) in [6.45, 7) is 2.42. The number of aromatic nitrogens is 2. The van der Waals surface area contributed by atoms with Gasteiger partial charge in [-0.2, -0.15) is 0 Å². The molecule has 3 aromatic carbocycles. The molecule has 1 saturated heterocycles. The summed E-state index contributed by atoms with van der Waals surface area (Å²) in [4.78, 5) is 26.7. The number of benzene rings is 3. The maximum absolute atomic E-state index is 14.2. The second-order valence-electron chi connectivity index (χ2n) is 7.86. The zero-order valence-electron chi connectivity index (χ0n) is 17.6. The van der Waals surface area contributed by atoms with Gasteiger partial charge in [0, 0.05) is 31.7 Å². The van der Waals surface area contributed by atoms with Gasteiger partial charge in [-0.3, -0.25) is 4.79 Å². The average molecular weight is 426 g/mol. The molecule has 1 aromatic heterocycles. The van der Waals surface area contributed by atoms with Crippen molar-refractivity contribution in [2.75, 3.05) is 31.1 Å². The summed E-state index contributed by atoms with van der Waals surface area (Å²) in [5.74, 6) is 0.0679. The minimum Gasteiger partial charge on any atom is -0.353 e. The van der Waals surface area contributed by atoms with Crippen LogP contribution in [-0.4, -0.2) is 47.0 Å². The lowest BCUT2D eigenvalue weighted by molar-refractivity contribution is 0.0762. The molecule has 1 amide bonds. The van der Waals surface area contributed by atoms with E-state index in [1.807, 2.05) is 54.6 Å². The summed E-state index contributed by atoms with van der Waals surface area (Å²) in [5.41, 5.74) is 3.64. The van der Waals surface area contributed by atoms with Crippen molar-refractivity contribution < 1.29 is 9.18 Å². The number of rotatable bonds is 3. The minimum atomic E-state index is -0.481. The van der Waals surface area contributed by atoms with Crippen LogP contribution in [0.4, 0.5) is 10.2 Å². The molecule has 0 unspecified atom stereocenters. The normalized spacial score (nSPS) is 14.4. The topological polar surface area (TPSA) is 49.3 Å². The van der Waals surface area contributed by atoms with E-state index in [0.29, 0.717) is 19.6 Å². The Labute approximate surface area is 186 Å². The molecule has 1 aliphatic heterocycles. The van der Waals surface area contributed by atoms with Crippen LogP contribution in [0.15, 0.2) is 78.9 Å². The Balaban J connectivity index is 1.47. The molecule has 0 aliphatic carbocycles. The van der Waals surface area contributed by atoms with Crippen LogP contribution in [-0.2, 0) is 0 Å². The molecule has 5 rings (SSSR count). The van der Waals surface area contributed by atoms with Crippen molar-refractivity contribution in [3.05, 3.63) is 90.2 Å². The van der Waals surface area contributed by atoms with Gasteiger partial charge in [-0.05, 0) is 30.7 Å². The number of hydrogen-bond acceptors (Lipinski definition) is 4. The molecule has 0 atom stereocenters. The Morgan fingerprint density at radius 2 is 1.44 bits per heavy atom. The van der Waals surface area contributed by atoms with Gasteiger partial charge in [-0.1, -0.05) is 54.6 Å². The molecule has 0 radical (unpaired) electrons. The molecule has 4 aromatic rings. The quantitative estimate of drug-likeness (QED) is 0.473. The third-order valence-corrected chi connectivity index (χ3v) is 5.79. The lowest BCUT2D eigenvalue weighted by Crippen LogP contribution is -2.36. The summed E-state index contributed by atoms with van der Waals surface area (Å²) >= 11 is 0. The van der Waals surface area contributed by atoms with E-state index in [0.717, 1.165) is 41.1 Å². The highest BCUT2D eigenvalue weighted by Gasteiger charge is 2.25. The van der Waals surface area contributed by atoms with Crippen molar-refractivity contribution in [1.29, 1.82) is 0 Å². The van der Waals surface area contributed by atoms with Crippen molar-refractivity contribution in [2.45, 2.75) is 6.42 Å². The number of fused-ring (bicyclic) bond motifs is 1. The number of anilines is 1. The number of halogens is 1. The number of nitrogens with zero attached hydrogens (tertiary/aromatic N) is 4. The molecule has 32 heavy (non-hydrogen) atoms. The fraction of sp³-hybridized carbons (Fsp3) is 0.192. The molecule has 0 spiro atoms. The maximum Gasteiger partial charge on any atom is 0.256 e. The number of hydrogen-bond donors (Lipinski definition) is 0. The molecule has 5 nitrogen and oxygen atoms in total. The van der Waals surface area contributed by atoms with Gasteiger partial charge >= 0.3 is 0 Å². The van der Waals surface area contributed by atoms with Crippen molar-refractivity contribution in [3.8, 4) is 11.3 Å².